The summed E-state index contributed by atoms with van der Waals surface area (Å²) < 4.78 is 68.5. The van der Waals surface area contributed by atoms with Crippen LogP contribution in [-0.4, -0.2) is 96.7 Å². The van der Waals surface area contributed by atoms with Gasteiger partial charge >= 0.3 is 39.5 Å². The predicted octanol–water partition coefficient (Wildman–Crippen LogP) is 24.3. The fourth-order valence-corrected chi connectivity index (χ4v) is 14.1. The smallest absolute Gasteiger partial charge is 0.462 e. The molecule has 0 radical (unpaired) electrons. The zero-order chi connectivity index (χ0) is 73.5. The largest absolute Gasteiger partial charge is 0.472 e. The first-order valence-corrected chi connectivity index (χ1v) is 45.0. The molecule has 0 aliphatic rings. The zero-order valence-corrected chi connectivity index (χ0v) is 67.3. The van der Waals surface area contributed by atoms with E-state index in [1.165, 1.54) is 231 Å². The van der Waals surface area contributed by atoms with Gasteiger partial charge in [-0.3, -0.25) is 37.3 Å². The van der Waals surface area contributed by atoms with E-state index in [2.05, 4.69) is 41.5 Å². The summed E-state index contributed by atoms with van der Waals surface area (Å²) in [4.78, 5) is 72.8. The van der Waals surface area contributed by atoms with Gasteiger partial charge in [-0.1, -0.05) is 375 Å². The predicted molar refractivity (Wildman–Crippen MR) is 409 cm³/mol. The van der Waals surface area contributed by atoms with Crippen molar-refractivity contribution >= 4 is 39.5 Å². The maximum absolute atomic E-state index is 13.1. The Bertz CT molecular complexity index is 1930. The molecule has 0 amide bonds. The van der Waals surface area contributed by atoms with Crippen molar-refractivity contribution in [2.45, 2.75) is 445 Å². The van der Waals surface area contributed by atoms with Gasteiger partial charge in [-0.2, -0.15) is 0 Å². The van der Waals surface area contributed by atoms with Crippen LogP contribution in [-0.2, 0) is 65.4 Å². The van der Waals surface area contributed by atoms with Crippen LogP contribution in [0.4, 0.5) is 0 Å². The van der Waals surface area contributed by atoms with Gasteiger partial charge < -0.3 is 33.8 Å². The summed E-state index contributed by atoms with van der Waals surface area (Å²) in [5, 5.41) is 10.6. The van der Waals surface area contributed by atoms with Gasteiger partial charge in [0.25, 0.3) is 0 Å². The molecule has 0 aliphatic carbocycles. The Hall–Kier alpha value is -1.94. The van der Waals surface area contributed by atoms with Crippen molar-refractivity contribution in [3.05, 3.63) is 0 Å². The van der Waals surface area contributed by atoms with Crippen LogP contribution < -0.4 is 0 Å². The number of rotatable bonds is 80. The molecule has 594 valence electrons. The highest BCUT2D eigenvalue weighted by Gasteiger charge is 2.30. The molecule has 100 heavy (non-hydrogen) atoms. The fraction of sp³-hybridized carbons (Fsp3) is 0.951. The molecule has 0 spiro atoms. The molecular weight excluding hydrogens is 1310 g/mol. The highest BCUT2D eigenvalue weighted by molar-refractivity contribution is 7.47. The second-order valence-electron chi connectivity index (χ2n) is 29.9. The van der Waals surface area contributed by atoms with Crippen LogP contribution in [0.15, 0.2) is 0 Å². The SMILES string of the molecule is CCCCCCCCCCCCCCCCCCCCCCCCC(=O)O[C@H](COC(=O)CCCCCCCCCCCCCCCCCCCCC(C)C)COP(=O)(O)OC[C@@H](O)COP(=O)(O)OC[C@@H](COC(=O)CCCCCCCCC)OC(=O)CCCCCCCCC(C)CC. The molecule has 19 heteroatoms. The van der Waals surface area contributed by atoms with Crippen molar-refractivity contribution in [1.82, 2.24) is 0 Å². The number of phosphoric acid groups is 2. The molecule has 3 unspecified atom stereocenters. The third-order valence-corrected chi connectivity index (χ3v) is 21.2. The van der Waals surface area contributed by atoms with E-state index >= 15 is 0 Å². The Kier molecular flexibility index (Phi) is 71.2. The Balaban J connectivity index is 5.13. The van der Waals surface area contributed by atoms with Gasteiger partial charge in [-0.25, -0.2) is 9.13 Å². The normalized spacial score (nSPS) is 14.2. The molecule has 0 saturated heterocycles. The maximum atomic E-state index is 13.1. The van der Waals surface area contributed by atoms with Crippen molar-refractivity contribution in [3.8, 4) is 0 Å². The van der Waals surface area contributed by atoms with Gasteiger partial charge in [-0.15, -0.1) is 0 Å². The highest BCUT2D eigenvalue weighted by atomic mass is 31.2. The summed E-state index contributed by atoms with van der Waals surface area (Å²) >= 11 is 0. The van der Waals surface area contributed by atoms with Gasteiger partial charge in [0, 0.05) is 25.7 Å². The summed E-state index contributed by atoms with van der Waals surface area (Å²) in [6.07, 6.45) is 63.0. The van der Waals surface area contributed by atoms with Crippen molar-refractivity contribution in [2.75, 3.05) is 39.6 Å². The maximum Gasteiger partial charge on any atom is 0.472 e. The molecule has 0 rings (SSSR count). The monoisotopic (exact) mass is 1470 g/mol. The average Bonchev–Trinajstić information content (AvgIpc) is 0.945. The number of aliphatic hydroxyl groups excluding tert-OH is 1. The first-order valence-electron chi connectivity index (χ1n) is 42.0. The second kappa shape index (κ2) is 72.6. The first-order chi connectivity index (χ1) is 48.4. The molecule has 3 N–H and O–H groups in total. The minimum Gasteiger partial charge on any atom is -0.462 e. The van der Waals surface area contributed by atoms with Crippen LogP contribution in [0, 0.1) is 11.8 Å². The van der Waals surface area contributed by atoms with E-state index in [1.807, 2.05) is 0 Å². The second-order valence-corrected chi connectivity index (χ2v) is 32.8. The Labute approximate surface area is 613 Å². The zero-order valence-electron chi connectivity index (χ0n) is 65.5. The number of carbonyl (C=O) groups is 4. The van der Waals surface area contributed by atoms with E-state index in [1.54, 1.807) is 0 Å². The number of ether oxygens (including phenoxy) is 4. The number of unbranched alkanes of at least 4 members (excludes halogenated alkanes) is 49. The summed E-state index contributed by atoms with van der Waals surface area (Å²) in [6.45, 7) is 9.56. The lowest BCUT2D eigenvalue weighted by Gasteiger charge is -2.21. The molecular formula is C81H158O17P2. The van der Waals surface area contributed by atoms with Crippen LogP contribution in [0.2, 0.25) is 0 Å². The Morgan fingerprint density at radius 3 is 0.760 bits per heavy atom. The Morgan fingerprint density at radius 2 is 0.510 bits per heavy atom. The van der Waals surface area contributed by atoms with Crippen LogP contribution in [0.1, 0.15) is 427 Å². The lowest BCUT2D eigenvalue weighted by Crippen LogP contribution is -2.30. The van der Waals surface area contributed by atoms with Crippen LogP contribution in [0.3, 0.4) is 0 Å². The summed E-state index contributed by atoms with van der Waals surface area (Å²) in [7, 11) is -9.91. The molecule has 0 aromatic heterocycles. The fourth-order valence-electron chi connectivity index (χ4n) is 12.5. The van der Waals surface area contributed by atoms with Gasteiger partial charge in [0.1, 0.15) is 19.3 Å². The van der Waals surface area contributed by atoms with E-state index in [0.717, 1.165) is 115 Å². The van der Waals surface area contributed by atoms with E-state index in [-0.39, 0.29) is 25.7 Å². The molecule has 6 atom stereocenters. The molecule has 0 aromatic rings. The molecule has 0 aliphatic heterocycles. The number of hydrogen-bond donors (Lipinski definition) is 3. The van der Waals surface area contributed by atoms with Crippen molar-refractivity contribution in [1.29, 1.82) is 0 Å². The lowest BCUT2D eigenvalue weighted by atomic mass is 10.00. The first kappa shape index (κ1) is 98.1. The number of phosphoric ester groups is 2. The van der Waals surface area contributed by atoms with Crippen molar-refractivity contribution in [2.24, 2.45) is 11.8 Å². The van der Waals surface area contributed by atoms with Gasteiger partial charge in [0.2, 0.25) is 0 Å². The lowest BCUT2D eigenvalue weighted by molar-refractivity contribution is -0.161. The van der Waals surface area contributed by atoms with Crippen LogP contribution in [0.25, 0.3) is 0 Å². The van der Waals surface area contributed by atoms with Gasteiger partial charge in [0.05, 0.1) is 26.4 Å². The molecule has 17 nitrogen and oxygen atoms in total. The third-order valence-electron chi connectivity index (χ3n) is 19.3. The number of aliphatic hydroxyl groups is 1. The minimum atomic E-state index is -4.96. The summed E-state index contributed by atoms with van der Waals surface area (Å²) in [5.74, 6) is -0.576. The number of carbonyl (C=O) groups excluding carboxylic acids is 4. The van der Waals surface area contributed by atoms with Crippen LogP contribution in [0.5, 0.6) is 0 Å². The molecule has 0 aromatic carbocycles. The molecule has 0 heterocycles. The van der Waals surface area contributed by atoms with Crippen LogP contribution >= 0.6 is 15.6 Å². The van der Waals surface area contributed by atoms with E-state index in [0.29, 0.717) is 25.7 Å². The van der Waals surface area contributed by atoms with Crippen molar-refractivity contribution in [3.63, 3.8) is 0 Å². The highest BCUT2D eigenvalue weighted by Crippen LogP contribution is 2.45. The van der Waals surface area contributed by atoms with E-state index in [4.69, 9.17) is 37.0 Å². The minimum absolute atomic E-state index is 0.103. The van der Waals surface area contributed by atoms with E-state index in [9.17, 15) is 43.2 Å². The third kappa shape index (κ3) is 73.0. The topological polar surface area (TPSA) is 237 Å². The summed E-state index contributed by atoms with van der Waals surface area (Å²) in [5.41, 5.74) is 0. The van der Waals surface area contributed by atoms with Gasteiger partial charge in [-0.05, 0) is 37.5 Å². The quantitative estimate of drug-likeness (QED) is 0.0222. The van der Waals surface area contributed by atoms with Gasteiger partial charge in [0.15, 0.2) is 12.2 Å². The molecule has 0 fully saturated rings. The molecule has 0 saturated carbocycles. The van der Waals surface area contributed by atoms with E-state index < -0.39 is 97.5 Å². The number of hydrogen-bond acceptors (Lipinski definition) is 15. The van der Waals surface area contributed by atoms with Crippen molar-refractivity contribution < 1.29 is 80.2 Å². The molecule has 0 bridgehead atoms. The summed E-state index contributed by atoms with van der Waals surface area (Å²) in [6, 6.07) is 0. The standard InChI is InChI=1S/C81H158O17P2/c1-7-10-12-14-16-17-18-19-20-21-22-23-24-25-30-33-36-39-42-46-53-59-65-80(85)97-76(70-92-79(84)64-58-52-45-41-38-35-32-29-27-26-28-31-34-37-40-44-49-55-61-73(4)5)71-95-99(87,88)93-67-75(82)68-94-100(89,90)96-72-77(69-91-78(83)63-57-51-43-15-13-11-8-2)98-81(86)66-60-54-48-47-50-56-62-74(6)9-3/h73-77,82H,7-72H2,1-6H3,(H,87,88)(H,89,90)/t74?,75-,76-,77-/m1/s1. The Morgan fingerprint density at radius 1 is 0.290 bits per heavy atom. The average molecular weight is 1470 g/mol. The number of esters is 4.